The van der Waals surface area contributed by atoms with Crippen LogP contribution in [0.15, 0.2) is 35.0 Å². The maximum Gasteiger partial charge on any atom is 0.409 e. The fourth-order valence-corrected chi connectivity index (χ4v) is 4.86. The standard InChI is InChI=1S/C24H29N5O4/c1-2-32-24(31)28-12-9-17(10-13-28)27-23(30)16-6-5-11-29(14-16)22-21-20(25-15-26-22)18-7-3-4-8-19(18)33-21/h3-4,7-8,15-17H,2,5-6,9-14H2,1H3,(H,27,30). The molecular formula is C24H29N5O4. The highest BCUT2D eigenvalue weighted by molar-refractivity contribution is 6.05. The number of anilines is 1. The number of carbonyl (C=O) groups is 2. The van der Waals surface area contributed by atoms with Crippen molar-refractivity contribution in [2.75, 3.05) is 37.7 Å². The quantitative estimate of drug-likeness (QED) is 0.649. The smallest absolute Gasteiger partial charge is 0.409 e. The first-order valence-corrected chi connectivity index (χ1v) is 11.7. The van der Waals surface area contributed by atoms with Gasteiger partial charge in [0.05, 0.1) is 12.5 Å². The molecule has 4 heterocycles. The van der Waals surface area contributed by atoms with Gasteiger partial charge < -0.3 is 24.3 Å². The Labute approximate surface area is 192 Å². The van der Waals surface area contributed by atoms with Crippen LogP contribution in [-0.4, -0.2) is 65.7 Å². The number of hydrogen-bond donors (Lipinski definition) is 1. The van der Waals surface area contributed by atoms with E-state index >= 15 is 0 Å². The van der Waals surface area contributed by atoms with Crippen LogP contribution in [0.4, 0.5) is 10.6 Å². The number of para-hydroxylation sites is 1. The van der Waals surface area contributed by atoms with Crippen molar-refractivity contribution in [1.82, 2.24) is 20.2 Å². The normalized spacial score (nSPS) is 19.7. The van der Waals surface area contributed by atoms with E-state index < -0.39 is 0 Å². The molecule has 2 aliphatic heterocycles. The lowest BCUT2D eigenvalue weighted by Crippen LogP contribution is -2.50. The number of hydrogen-bond acceptors (Lipinski definition) is 7. The zero-order valence-electron chi connectivity index (χ0n) is 18.8. The summed E-state index contributed by atoms with van der Waals surface area (Å²) in [7, 11) is 0. The van der Waals surface area contributed by atoms with Gasteiger partial charge in [-0.1, -0.05) is 12.1 Å². The van der Waals surface area contributed by atoms with E-state index in [4.69, 9.17) is 9.15 Å². The number of amides is 2. The molecule has 2 aromatic heterocycles. The second-order valence-corrected chi connectivity index (χ2v) is 8.73. The molecule has 0 spiro atoms. The third-order valence-corrected chi connectivity index (χ3v) is 6.60. The second kappa shape index (κ2) is 9.25. The second-order valence-electron chi connectivity index (χ2n) is 8.73. The van der Waals surface area contributed by atoms with E-state index in [1.165, 1.54) is 0 Å². The van der Waals surface area contributed by atoms with Crippen molar-refractivity contribution in [2.45, 2.75) is 38.6 Å². The number of likely N-dealkylation sites (tertiary alicyclic amines) is 1. The summed E-state index contributed by atoms with van der Waals surface area (Å²) in [6.45, 7) is 4.80. The molecule has 9 nitrogen and oxygen atoms in total. The maximum absolute atomic E-state index is 13.1. The fraction of sp³-hybridized carbons (Fsp3) is 0.500. The van der Waals surface area contributed by atoms with Crippen molar-refractivity contribution in [2.24, 2.45) is 5.92 Å². The van der Waals surface area contributed by atoms with Gasteiger partial charge in [-0.15, -0.1) is 0 Å². The Balaban J connectivity index is 1.24. The molecule has 1 aromatic carbocycles. The Morgan fingerprint density at radius 1 is 1.15 bits per heavy atom. The van der Waals surface area contributed by atoms with E-state index in [2.05, 4.69) is 20.2 Å². The van der Waals surface area contributed by atoms with Crippen LogP contribution in [-0.2, 0) is 9.53 Å². The summed E-state index contributed by atoms with van der Waals surface area (Å²) in [5, 5.41) is 4.18. The summed E-state index contributed by atoms with van der Waals surface area (Å²) in [5.74, 6) is 0.705. The van der Waals surface area contributed by atoms with Gasteiger partial charge in [0, 0.05) is 37.6 Å². The number of piperidine rings is 2. The molecule has 174 valence electrons. The van der Waals surface area contributed by atoms with Gasteiger partial charge in [-0.3, -0.25) is 4.79 Å². The Hall–Kier alpha value is -3.36. The molecule has 9 heteroatoms. The number of fused-ring (bicyclic) bond motifs is 3. The van der Waals surface area contributed by atoms with Gasteiger partial charge in [0.2, 0.25) is 5.91 Å². The minimum atomic E-state index is -0.271. The van der Waals surface area contributed by atoms with Crippen molar-refractivity contribution >= 4 is 39.9 Å². The summed E-state index contributed by atoms with van der Waals surface area (Å²) in [4.78, 5) is 37.8. The fourth-order valence-electron chi connectivity index (χ4n) is 4.86. The minimum Gasteiger partial charge on any atom is -0.450 e. The van der Waals surface area contributed by atoms with E-state index in [9.17, 15) is 9.59 Å². The number of carbonyl (C=O) groups excluding carboxylic acids is 2. The van der Waals surface area contributed by atoms with Crippen LogP contribution >= 0.6 is 0 Å². The number of aromatic nitrogens is 2. The van der Waals surface area contributed by atoms with Gasteiger partial charge in [0.15, 0.2) is 11.4 Å². The Bertz CT molecular complexity index is 1150. The van der Waals surface area contributed by atoms with Crippen LogP contribution in [0.1, 0.15) is 32.6 Å². The number of nitrogens with zero attached hydrogens (tertiary/aromatic N) is 4. The minimum absolute atomic E-state index is 0.0733. The first-order valence-electron chi connectivity index (χ1n) is 11.7. The third-order valence-electron chi connectivity index (χ3n) is 6.60. The topological polar surface area (TPSA) is 101 Å². The average molecular weight is 452 g/mol. The predicted octanol–water partition coefficient (Wildman–Crippen LogP) is 3.33. The highest BCUT2D eigenvalue weighted by atomic mass is 16.6. The third kappa shape index (κ3) is 4.31. The van der Waals surface area contributed by atoms with Gasteiger partial charge in [-0.25, -0.2) is 14.8 Å². The molecular weight excluding hydrogens is 422 g/mol. The van der Waals surface area contributed by atoms with Crippen molar-refractivity contribution in [3.63, 3.8) is 0 Å². The molecule has 0 bridgehead atoms. The lowest BCUT2D eigenvalue weighted by atomic mass is 9.95. The first kappa shape index (κ1) is 21.5. The Kier molecular flexibility index (Phi) is 6.02. The van der Waals surface area contributed by atoms with E-state index in [-0.39, 0.29) is 24.0 Å². The number of furan rings is 1. The molecule has 1 unspecified atom stereocenters. The first-order chi connectivity index (χ1) is 16.1. The molecule has 2 aliphatic rings. The van der Waals surface area contributed by atoms with Crippen molar-refractivity contribution in [3.05, 3.63) is 30.6 Å². The number of nitrogens with one attached hydrogen (secondary N) is 1. The highest BCUT2D eigenvalue weighted by Gasteiger charge is 2.31. The molecule has 0 aliphatic carbocycles. The van der Waals surface area contributed by atoms with E-state index in [1.54, 1.807) is 18.2 Å². The zero-order chi connectivity index (χ0) is 22.8. The van der Waals surface area contributed by atoms with Gasteiger partial charge in [-0.05, 0) is 44.7 Å². The SMILES string of the molecule is CCOC(=O)N1CCC(NC(=O)C2CCCN(c3ncnc4c3oc3ccccc34)C2)CC1. The summed E-state index contributed by atoms with van der Waals surface area (Å²) in [5.41, 5.74) is 2.26. The van der Waals surface area contributed by atoms with E-state index in [0.29, 0.717) is 31.8 Å². The van der Waals surface area contributed by atoms with Crippen LogP contribution in [0.2, 0.25) is 0 Å². The average Bonchev–Trinajstić information content (AvgIpc) is 3.23. The summed E-state index contributed by atoms with van der Waals surface area (Å²) in [6.07, 6.45) is 4.54. The molecule has 2 fully saturated rings. The van der Waals surface area contributed by atoms with Gasteiger partial charge in [0.25, 0.3) is 0 Å². The summed E-state index contributed by atoms with van der Waals surface area (Å²) < 4.78 is 11.2. The predicted molar refractivity (Wildman–Crippen MR) is 124 cm³/mol. The van der Waals surface area contributed by atoms with Crippen LogP contribution in [0.5, 0.6) is 0 Å². The molecule has 3 aromatic rings. The van der Waals surface area contributed by atoms with E-state index in [1.807, 2.05) is 24.3 Å². The van der Waals surface area contributed by atoms with Crippen molar-refractivity contribution < 1.29 is 18.7 Å². The molecule has 0 saturated carbocycles. The summed E-state index contributed by atoms with van der Waals surface area (Å²) >= 11 is 0. The van der Waals surface area contributed by atoms with Crippen LogP contribution in [0, 0.1) is 5.92 Å². The maximum atomic E-state index is 13.1. The largest absolute Gasteiger partial charge is 0.450 e. The molecule has 0 radical (unpaired) electrons. The van der Waals surface area contributed by atoms with Crippen molar-refractivity contribution in [1.29, 1.82) is 0 Å². The van der Waals surface area contributed by atoms with Gasteiger partial charge >= 0.3 is 6.09 Å². The van der Waals surface area contributed by atoms with Crippen LogP contribution in [0.25, 0.3) is 22.1 Å². The van der Waals surface area contributed by atoms with Crippen molar-refractivity contribution in [3.8, 4) is 0 Å². The number of benzene rings is 1. The van der Waals surface area contributed by atoms with Gasteiger partial charge in [-0.2, -0.15) is 0 Å². The monoisotopic (exact) mass is 451 g/mol. The Morgan fingerprint density at radius 3 is 2.79 bits per heavy atom. The summed E-state index contributed by atoms with van der Waals surface area (Å²) in [6, 6.07) is 7.92. The van der Waals surface area contributed by atoms with Crippen LogP contribution in [0.3, 0.4) is 0 Å². The van der Waals surface area contributed by atoms with Gasteiger partial charge in [0.1, 0.15) is 17.4 Å². The van der Waals surface area contributed by atoms with E-state index in [0.717, 1.165) is 54.5 Å². The molecule has 2 saturated heterocycles. The molecule has 1 N–H and O–H groups in total. The Morgan fingerprint density at radius 2 is 1.97 bits per heavy atom. The number of ether oxygens (including phenoxy) is 1. The molecule has 5 rings (SSSR count). The highest BCUT2D eigenvalue weighted by Crippen LogP contribution is 2.33. The molecule has 33 heavy (non-hydrogen) atoms. The zero-order valence-corrected chi connectivity index (χ0v) is 18.8. The van der Waals surface area contributed by atoms with Crippen LogP contribution < -0.4 is 10.2 Å². The number of rotatable bonds is 4. The molecule has 1 atom stereocenters. The molecule has 2 amide bonds. The lowest BCUT2D eigenvalue weighted by Gasteiger charge is -2.35. The lowest BCUT2D eigenvalue weighted by molar-refractivity contribution is -0.126.